The Morgan fingerprint density at radius 1 is 1.62 bits per heavy atom. The number of carboxylic acid groups (broad SMARTS) is 1. The van der Waals surface area contributed by atoms with Crippen LogP contribution in [0.3, 0.4) is 0 Å². The maximum Gasteiger partial charge on any atom is 0.314 e. The van der Waals surface area contributed by atoms with Crippen LogP contribution in [0.15, 0.2) is 12.7 Å². The van der Waals surface area contributed by atoms with Gasteiger partial charge in [0.25, 0.3) is 0 Å². The number of hydrogen-bond donors (Lipinski definition) is 5. The number of aliphatic carboxylic acids is 1. The summed E-state index contributed by atoms with van der Waals surface area (Å²) in [4.78, 5) is 11.0. The molecule has 0 spiro atoms. The minimum absolute atomic E-state index is 0.148. The van der Waals surface area contributed by atoms with Gasteiger partial charge in [-0.15, -0.1) is 6.58 Å². The van der Waals surface area contributed by atoms with Gasteiger partial charge in [-0.05, 0) is 0 Å². The van der Waals surface area contributed by atoms with E-state index in [0.717, 1.165) is 6.08 Å². The first-order valence-electron chi connectivity index (χ1n) is 4.86. The van der Waals surface area contributed by atoms with Crippen LogP contribution in [-0.2, 0) is 4.79 Å². The van der Waals surface area contributed by atoms with Crippen molar-refractivity contribution in [3.05, 3.63) is 12.7 Å². The molecule has 0 rings (SSSR count). The number of carbonyl (C=O) groups is 1. The molecular weight excluding hydrogens is 212 g/mol. The Balaban J connectivity index is 5.38. The second kappa shape index (κ2) is 5.20. The monoisotopic (exact) mass is 230 g/mol. The maximum atomic E-state index is 11.0. The number of aliphatic hydroxyl groups is 2. The lowest BCUT2D eigenvalue weighted by Crippen LogP contribution is -2.60. The molecule has 16 heavy (non-hydrogen) atoms. The Morgan fingerprint density at radius 2 is 2.12 bits per heavy atom. The van der Waals surface area contributed by atoms with Crippen LogP contribution in [0.5, 0.6) is 0 Å². The molecule has 0 aliphatic heterocycles. The van der Waals surface area contributed by atoms with E-state index in [2.05, 4.69) is 6.58 Å². The van der Waals surface area contributed by atoms with Gasteiger partial charge in [0.1, 0.15) is 5.92 Å². The van der Waals surface area contributed by atoms with Crippen molar-refractivity contribution in [1.29, 1.82) is 5.41 Å². The molecule has 2 unspecified atom stereocenters. The second-order valence-electron chi connectivity index (χ2n) is 3.75. The molecule has 92 valence electrons. The van der Waals surface area contributed by atoms with E-state index in [0.29, 0.717) is 12.6 Å². The first kappa shape index (κ1) is 14.8. The van der Waals surface area contributed by atoms with Crippen molar-refractivity contribution in [3.63, 3.8) is 0 Å². The molecule has 0 saturated heterocycles. The molecular formula is C10H18N2O4. The number of nitrogens with two attached hydrogens (primary N) is 1. The van der Waals surface area contributed by atoms with Crippen LogP contribution < -0.4 is 5.73 Å². The lowest BCUT2D eigenvalue weighted by molar-refractivity contribution is -0.218. The largest absolute Gasteiger partial charge is 0.481 e. The molecule has 0 heterocycles. The van der Waals surface area contributed by atoms with Crippen LogP contribution >= 0.6 is 0 Å². The molecule has 0 aromatic carbocycles. The van der Waals surface area contributed by atoms with Crippen molar-refractivity contribution in [1.82, 2.24) is 0 Å². The van der Waals surface area contributed by atoms with E-state index in [1.165, 1.54) is 0 Å². The summed E-state index contributed by atoms with van der Waals surface area (Å²) in [7, 11) is 0. The molecule has 0 saturated carbocycles. The Bertz CT molecular complexity index is 281. The van der Waals surface area contributed by atoms with Crippen molar-refractivity contribution < 1.29 is 20.1 Å². The standard InChI is InChI=1S/C10H18N2O4/c1-3-5-10(15,16)7(8(13)14)9(12,4-2)6-11/h4,6-7,11,15-16H,2-3,5,12H2,1H3,(H,13,14). The fourth-order valence-electron chi connectivity index (χ4n) is 1.58. The van der Waals surface area contributed by atoms with Crippen molar-refractivity contribution in [2.45, 2.75) is 31.1 Å². The van der Waals surface area contributed by atoms with Gasteiger partial charge in [-0.25, -0.2) is 0 Å². The summed E-state index contributed by atoms with van der Waals surface area (Å²) >= 11 is 0. The molecule has 0 aromatic rings. The smallest absolute Gasteiger partial charge is 0.314 e. The molecule has 0 bridgehead atoms. The van der Waals surface area contributed by atoms with Gasteiger partial charge in [0, 0.05) is 12.6 Å². The molecule has 0 amide bonds. The topological polar surface area (TPSA) is 128 Å². The zero-order valence-electron chi connectivity index (χ0n) is 9.18. The zero-order valence-corrected chi connectivity index (χ0v) is 9.18. The van der Waals surface area contributed by atoms with Crippen molar-refractivity contribution in [3.8, 4) is 0 Å². The fourth-order valence-corrected chi connectivity index (χ4v) is 1.58. The van der Waals surface area contributed by atoms with Crippen molar-refractivity contribution in [2.75, 3.05) is 0 Å². The van der Waals surface area contributed by atoms with E-state index < -0.39 is 23.2 Å². The van der Waals surface area contributed by atoms with E-state index >= 15 is 0 Å². The lowest BCUT2D eigenvalue weighted by Gasteiger charge is -2.36. The van der Waals surface area contributed by atoms with Crippen LogP contribution in [0.4, 0.5) is 0 Å². The third kappa shape index (κ3) is 2.88. The van der Waals surface area contributed by atoms with E-state index in [-0.39, 0.29) is 6.42 Å². The van der Waals surface area contributed by atoms with Crippen LogP contribution in [0, 0.1) is 11.3 Å². The summed E-state index contributed by atoms with van der Waals surface area (Å²) in [6.07, 6.45) is 1.90. The number of carboxylic acids is 1. The van der Waals surface area contributed by atoms with E-state index in [9.17, 15) is 15.0 Å². The van der Waals surface area contributed by atoms with Crippen molar-refractivity contribution >= 4 is 12.2 Å². The highest BCUT2D eigenvalue weighted by Gasteiger charge is 2.49. The Kier molecular flexibility index (Phi) is 4.80. The summed E-state index contributed by atoms with van der Waals surface area (Å²) in [5.74, 6) is -5.68. The second-order valence-corrected chi connectivity index (χ2v) is 3.75. The van der Waals surface area contributed by atoms with Gasteiger partial charge < -0.3 is 26.5 Å². The Morgan fingerprint density at radius 3 is 2.38 bits per heavy atom. The molecule has 0 aliphatic rings. The van der Waals surface area contributed by atoms with Gasteiger partial charge in [0.2, 0.25) is 0 Å². The Hall–Kier alpha value is -1.24. The van der Waals surface area contributed by atoms with Gasteiger partial charge in [-0.3, -0.25) is 4.79 Å². The fraction of sp³-hybridized carbons (Fsp3) is 0.600. The highest BCUT2D eigenvalue weighted by Crippen LogP contribution is 2.29. The summed E-state index contributed by atoms with van der Waals surface area (Å²) in [6, 6.07) is 0. The van der Waals surface area contributed by atoms with Crippen molar-refractivity contribution in [2.24, 2.45) is 11.7 Å². The zero-order chi connectivity index (χ0) is 13.0. The Labute approximate surface area is 93.9 Å². The number of nitrogens with one attached hydrogen (secondary N) is 1. The highest BCUT2D eigenvalue weighted by atomic mass is 16.5. The van der Waals surface area contributed by atoms with Crippen LogP contribution in [0.1, 0.15) is 19.8 Å². The predicted molar refractivity (Wildman–Crippen MR) is 59.1 cm³/mol. The third-order valence-electron chi connectivity index (χ3n) is 2.43. The first-order valence-corrected chi connectivity index (χ1v) is 4.86. The minimum atomic E-state index is -2.47. The molecule has 6 heteroatoms. The van der Waals surface area contributed by atoms with Crippen LogP contribution in [-0.4, -0.2) is 38.8 Å². The maximum absolute atomic E-state index is 11.0. The molecule has 6 nitrogen and oxygen atoms in total. The quantitative estimate of drug-likeness (QED) is 0.233. The average molecular weight is 230 g/mol. The SMILES string of the molecule is C=CC(N)(C=N)C(C(=O)O)C(O)(O)CCC. The molecule has 0 radical (unpaired) electrons. The first-order chi connectivity index (χ1) is 7.25. The molecule has 0 aliphatic carbocycles. The number of hydrogen-bond acceptors (Lipinski definition) is 5. The van der Waals surface area contributed by atoms with E-state index in [1.807, 2.05) is 0 Å². The van der Waals surface area contributed by atoms with Crippen LogP contribution in [0.25, 0.3) is 0 Å². The highest BCUT2D eigenvalue weighted by molar-refractivity contribution is 5.83. The third-order valence-corrected chi connectivity index (χ3v) is 2.43. The summed E-state index contributed by atoms with van der Waals surface area (Å²) in [5.41, 5.74) is 3.81. The molecule has 0 aromatic heterocycles. The summed E-state index contributed by atoms with van der Waals surface area (Å²) < 4.78 is 0. The molecule has 6 N–H and O–H groups in total. The van der Waals surface area contributed by atoms with Gasteiger partial charge >= 0.3 is 5.97 Å². The molecule has 2 atom stereocenters. The predicted octanol–water partition coefficient (Wildman–Crippen LogP) is -0.299. The van der Waals surface area contributed by atoms with Crippen LogP contribution in [0.2, 0.25) is 0 Å². The lowest BCUT2D eigenvalue weighted by atomic mass is 9.78. The van der Waals surface area contributed by atoms with Gasteiger partial charge in [0.15, 0.2) is 5.79 Å². The van der Waals surface area contributed by atoms with Gasteiger partial charge in [0.05, 0.1) is 5.54 Å². The van der Waals surface area contributed by atoms with E-state index in [4.69, 9.17) is 16.2 Å². The summed E-state index contributed by atoms with van der Waals surface area (Å²) in [6.45, 7) is 5.00. The van der Waals surface area contributed by atoms with Gasteiger partial charge in [-0.1, -0.05) is 19.4 Å². The summed E-state index contributed by atoms with van der Waals surface area (Å²) in [5, 5.41) is 35.4. The minimum Gasteiger partial charge on any atom is -0.481 e. The molecule has 0 fully saturated rings. The average Bonchev–Trinajstić information content (AvgIpc) is 2.16. The normalized spacial score (nSPS) is 17.2. The van der Waals surface area contributed by atoms with Gasteiger partial charge in [-0.2, -0.15) is 0 Å². The van der Waals surface area contributed by atoms with E-state index in [1.54, 1.807) is 6.92 Å². The number of rotatable bonds is 7.